The van der Waals surface area contributed by atoms with E-state index in [4.69, 9.17) is 0 Å². The van der Waals surface area contributed by atoms with E-state index in [0.29, 0.717) is 0 Å². The van der Waals surface area contributed by atoms with Crippen molar-refractivity contribution in [2.45, 2.75) is 11.8 Å². The Labute approximate surface area is 116 Å². The molecule has 0 aromatic heterocycles. The second-order valence-electron chi connectivity index (χ2n) is 4.40. The third-order valence-corrected chi connectivity index (χ3v) is 3.17. The third kappa shape index (κ3) is 2.42. The fraction of sp³-hybridized carbons (Fsp3) is 0.188. The third-order valence-electron chi connectivity index (χ3n) is 3.17. The lowest BCUT2D eigenvalue weighted by atomic mass is 9.85. The van der Waals surface area contributed by atoms with Crippen molar-refractivity contribution in [3.05, 3.63) is 71.8 Å². The predicted octanol–water partition coefficient (Wildman–Crippen LogP) is 2.76. The van der Waals surface area contributed by atoms with Crippen LogP contribution in [0.15, 0.2) is 60.7 Å². The van der Waals surface area contributed by atoms with Crippen LogP contribution in [-0.4, -0.2) is 18.2 Å². The first-order valence-electron chi connectivity index (χ1n) is 6.16. The highest BCUT2D eigenvalue weighted by molar-refractivity contribution is 5.82. The first-order chi connectivity index (χ1) is 9.60. The van der Waals surface area contributed by atoms with Gasteiger partial charge in [-0.25, -0.2) is 9.18 Å². The zero-order chi connectivity index (χ0) is 14.6. The number of alkyl halides is 1. The number of carbonyl (C=O) groups is 1. The van der Waals surface area contributed by atoms with E-state index >= 15 is 0 Å². The van der Waals surface area contributed by atoms with Gasteiger partial charge in [0.2, 0.25) is 5.60 Å². The van der Waals surface area contributed by atoms with Gasteiger partial charge in [-0.05, 0) is 11.1 Å². The van der Waals surface area contributed by atoms with Crippen LogP contribution in [0.25, 0.3) is 0 Å². The lowest BCUT2D eigenvalue weighted by molar-refractivity contribution is -0.172. The molecule has 0 aliphatic carbocycles. The maximum atomic E-state index is 14.8. The van der Waals surface area contributed by atoms with Crippen molar-refractivity contribution >= 4 is 5.97 Å². The Morgan fingerprint density at radius 3 is 2.10 bits per heavy atom. The summed E-state index contributed by atoms with van der Waals surface area (Å²) in [6, 6.07) is 16.0. The molecule has 3 nitrogen and oxygen atoms in total. The molecule has 0 fully saturated rings. The fourth-order valence-corrected chi connectivity index (χ4v) is 2.08. The summed E-state index contributed by atoms with van der Waals surface area (Å²) in [5, 5.41) is 10.6. The molecule has 2 aromatic rings. The van der Waals surface area contributed by atoms with Crippen molar-refractivity contribution in [2.24, 2.45) is 0 Å². The van der Waals surface area contributed by atoms with Crippen molar-refractivity contribution in [1.82, 2.24) is 0 Å². The van der Waals surface area contributed by atoms with Crippen molar-refractivity contribution in [1.29, 1.82) is 0 Å². The molecule has 104 valence electrons. The molecule has 4 heteroatoms. The van der Waals surface area contributed by atoms with Gasteiger partial charge >= 0.3 is 5.97 Å². The highest BCUT2D eigenvalue weighted by Crippen LogP contribution is 2.39. The molecule has 1 N–H and O–H groups in total. The van der Waals surface area contributed by atoms with Gasteiger partial charge in [0.25, 0.3) is 0 Å². The van der Waals surface area contributed by atoms with Gasteiger partial charge in [0.15, 0.2) is 6.17 Å². The van der Waals surface area contributed by atoms with Crippen molar-refractivity contribution in [2.75, 3.05) is 7.11 Å². The number of methoxy groups -OCH3 is 1. The summed E-state index contributed by atoms with van der Waals surface area (Å²) in [5.74, 6) is -1.03. The van der Waals surface area contributed by atoms with E-state index in [-0.39, 0.29) is 11.1 Å². The molecule has 0 unspecified atom stereocenters. The van der Waals surface area contributed by atoms with Gasteiger partial charge in [0.1, 0.15) is 0 Å². The van der Waals surface area contributed by atoms with E-state index in [1.54, 1.807) is 36.4 Å². The quantitative estimate of drug-likeness (QED) is 0.872. The van der Waals surface area contributed by atoms with Crippen molar-refractivity contribution in [3.8, 4) is 0 Å². The number of rotatable bonds is 4. The van der Waals surface area contributed by atoms with Crippen LogP contribution in [0, 0.1) is 0 Å². The van der Waals surface area contributed by atoms with Crippen LogP contribution in [0.4, 0.5) is 4.39 Å². The maximum Gasteiger partial charge on any atom is 0.346 e. The fourth-order valence-electron chi connectivity index (χ4n) is 2.08. The van der Waals surface area contributed by atoms with Gasteiger partial charge in [0, 0.05) is 0 Å². The molecule has 0 radical (unpaired) electrons. The molecule has 0 spiro atoms. The highest BCUT2D eigenvalue weighted by atomic mass is 19.1. The number of hydrogen-bond acceptors (Lipinski definition) is 3. The molecule has 2 atom stereocenters. The van der Waals surface area contributed by atoms with Crippen LogP contribution in [0.1, 0.15) is 17.3 Å². The Hall–Kier alpha value is -2.20. The van der Waals surface area contributed by atoms with E-state index < -0.39 is 17.7 Å². The molecule has 0 aliphatic rings. The van der Waals surface area contributed by atoms with Crippen LogP contribution in [0.3, 0.4) is 0 Å². The number of hydrogen-bond donors (Lipinski definition) is 1. The summed E-state index contributed by atoms with van der Waals surface area (Å²) in [4.78, 5) is 11.9. The molecular weight excluding hydrogens is 259 g/mol. The topological polar surface area (TPSA) is 46.5 Å². The molecule has 0 heterocycles. The Bertz CT molecular complexity index is 571. The summed E-state index contributed by atoms with van der Waals surface area (Å²) < 4.78 is 19.3. The molecular formula is C16H15FO3. The Morgan fingerprint density at radius 1 is 1.10 bits per heavy atom. The van der Waals surface area contributed by atoms with Crippen molar-refractivity contribution in [3.63, 3.8) is 0 Å². The minimum absolute atomic E-state index is 0.156. The molecule has 0 saturated carbocycles. The predicted molar refractivity (Wildman–Crippen MR) is 72.6 cm³/mol. The second kappa shape index (κ2) is 5.84. The average molecular weight is 274 g/mol. The van der Waals surface area contributed by atoms with Crippen LogP contribution < -0.4 is 0 Å². The van der Waals surface area contributed by atoms with Gasteiger partial charge in [-0.1, -0.05) is 60.7 Å². The molecule has 2 aromatic carbocycles. The second-order valence-corrected chi connectivity index (χ2v) is 4.40. The number of esters is 1. The number of ether oxygens (including phenoxy) is 1. The van der Waals surface area contributed by atoms with E-state index in [0.717, 1.165) is 7.11 Å². The van der Waals surface area contributed by atoms with Crippen LogP contribution in [-0.2, 0) is 15.1 Å². The molecule has 0 aliphatic heterocycles. The van der Waals surface area contributed by atoms with Crippen LogP contribution in [0.2, 0.25) is 0 Å². The Morgan fingerprint density at radius 2 is 1.60 bits per heavy atom. The molecule has 0 saturated heterocycles. The first-order valence-corrected chi connectivity index (χ1v) is 6.16. The maximum absolute atomic E-state index is 14.8. The van der Waals surface area contributed by atoms with E-state index in [1.807, 2.05) is 0 Å². The minimum atomic E-state index is -2.36. The first kappa shape index (κ1) is 14.2. The smallest absolute Gasteiger partial charge is 0.346 e. The highest BCUT2D eigenvalue weighted by Gasteiger charge is 2.48. The number of carbonyl (C=O) groups excluding carboxylic acids is 1. The molecule has 0 bridgehead atoms. The standard InChI is InChI=1S/C16H15FO3/c1-20-15(18)16(19,13-10-6-3-7-11-13)14(17)12-8-4-2-5-9-12/h2-11,14,19H,1H3/t14-,16-/m0/s1. The molecule has 2 rings (SSSR count). The largest absolute Gasteiger partial charge is 0.467 e. The van der Waals surface area contributed by atoms with Crippen LogP contribution in [0.5, 0.6) is 0 Å². The summed E-state index contributed by atoms with van der Waals surface area (Å²) >= 11 is 0. The van der Waals surface area contributed by atoms with E-state index in [9.17, 15) is 14.3 Å². The van der Waals surface area contributed by atoms with Crippen molar-refractivity contribution < 1.29 is 19.0 Å². The zero-order valence-corrected chi connectivity index (χ0v) is 11.0. The number of benzene rings is 2. The van der Waals surface area contributed by atoms with E-state index in [1.165, 1.54) is 24.3 Å². The summed E-state index contributed by atoms with van der Waals surface area (Å²) in [6.07, 6.45) is -1.92. The van der Waals surface area contributed by atoms with Gasteiger partial charge < -0.3 is 9.84 Å². The molecule has 0 amide bonds. The zero-order valence-electron chi connectivity index (χ0n) is 11.0. The minimum Gasteiger partial charge on any atom is -0.467 e. The SMILES string of the molecule is COC(=O)[C@](O)(c1ccccc1)[C@@H](F)c1ccccc1. The monoisotopic (exact) mass is 274 g/mol. The van der Waals surface area contributed by atoms with Gasteiger partial charge in [0.05, 0.1) is 7.11 Å². The average Bonchev–Trinajstić information content (AvgIpc) is 2.54. The Balaban J connectivity index is 2.51. The van der Waals surface area contributed by atoms with Gasteiger partial charge in [-0.2, -0.15) is 0 Å². The summed E-state index contributed by atoms with van der Waals surface area (Å²) in [7, 11) is 1.12. The molecule has 20 heavy (non-hydrogen) atoms. The van der Waals surface area contributed by atoms with Gasteiger partial charge in [-0.3, -0.25) is 0 Å². The van der Waals surface area contributed by atoms with E-state index in [2.05, 4.69) is 4.74 Å². The Kier molecular flexibility index (Phi) is 4.15. The normalized spacial score (nSPS) is 15.2. The lowest BCUT2D eigenvalue weighted by Gasteiger charge is -2.29. The van der Waals surface area contributed by atoms with Gasteiger partial charge in [-0.15, -0.1) is 0 Å². The number of aliphatic hydroxyl groups is 1. The van der Waals surface area contributed by atoms with Crippen LogP contribution >= 0.6 is 0 Å². The summed E-state index contributed by atoms with van der Waals surface area (Å²) in [5.41, 5.74) is -2.00. The summed E-state index contributed by atoms with van der Waals surface area (Å²) in [6.45, 7) is 0. The number of halogens is 1. The lowest BCUT2D eigenvalue weighted by Crippen LogP contribution is -2.41.